The number of rotatable bonds is 5. The van der Waals surface area contributed by atoms with E-state index in [1.165, 1.54) is 36.0 Å². The molecular weight excluding hydrogens is 266 g/mol. The van der Waals surface area contributed by atoms with Crippen molar-refractivity contribution in [3.8, 4) is 0 Å². The van der Waals surface area contributed by atoms with Gasteiger partial charge in [-0.15, -0.1) is 0 Å². The van der Waals surface area contributed by atoms with Gasteiger partial charge in [0.05, 0.1) is 0 Å². The van der Waals surface area contributed by atoms with Crippen LogP contribution in [-0.4, -0.2) is 17.0 Å². The molecule has 2 unspecified atom stereocenters. The fraction of sp³-hybridized carbons (Fsp3) is 0.529. The van der Waals surface area contributed by atoms with E-state index in [-0.39, 0.29) is 0 Å². The van der Waals surface area contributed by atoms with Gasteiger partial charge in [0.2, 0.25) is 0 Å². The molecule has 0 amide bonds. The fourth-order valence-corrected chi connectivity index (χ4v) is 4.47. The van der Waals surface area contributed by atoms with Gasteiger partial charge in [-0.05, 0) is 31.6 Å². The minimum atomic E-state index is 0.660. The molecule has 1 fully saturated rings. The Balaban J connectivity index is 1.72. The Bertz CT molecular complexity index is 577. The highest BCUT2D eigenvalue weighted by Gasteiger charge is 2.27. The van der Waals surface area contributed by atoms with Crippen LogP contribution in [0.5, 0.6) is 0 Å². The van der Waals surface area contributed by atoms with Gasteiger partial charge in [-0.1, -0.05) is 31.5 Å². The molecule has 1 N–H and O–H groups in total. The Morgan fingerprint density at radius 1 is 1.30 bits per heavy atom. The Morgan fingerprint density at radius 2 is 2.15 bits per heavy atom. The Labute approximate surface area is 125 Å². The van der Waals surface area contributed by atoms with Gasteiger partial charge in [0.1, 0.15) is 11.3 Å². The molecule has 2 aromatic rings. The molecule has 2 nitrogen and oxygen atoms in total. The summed E-state index contributed by atoms with van der Waals surface area (Å²) < 4.78 is 5.84. The van der Waals surface area contributed by atoms with Crippen molar-refractivity contribution in [1.29, 1.82) is 0 Å². The summed E-state index contributed by atoms with van der Waals surface area (Å²) in [5, 5.41) is 5.82. The number of fused-ring (bicyclic) bond motifs is 1. The minimum absolute atomic E-state index is 0.660. The van der Waals surface area contributed by atoms with E-state index in [0.717, 1.165) is 23.1 Å². The minimum Gasteiger partial charge on any atom is -0.461 e. The van der Waals surface area contributed by atoms with Crippen LogP contribution in [0.1, 0.15) is 37.5 Å². The van der Waals surface area contributed by atoms with E-state index >= 15 is 0 Å². The Kier molecular flexibility index (Phi) is 4.37. The van der Waals surface area contributed by atoms with Gasteiger partial charge in [-0.2, -0.15) is 11.8 Å². The average Bonchev–Trinajstić information content (AvgIpc) is 3.01. The van der Waals surface area contributed by atoms with E-state index in [1.807, 2.05) is 6.07 Å². The van der Waals surface area contributed by atoms with Crippen LogP contribution in [0, 0.1) is 6.92 Å². The van der Waals surface area contributed by atoms with E-state index in [9.17, 15) is 0 Å². The third-order valence-corrected chi connectivity index (χ3v) is 5.60. The number of hydrogen-bond donors (Lipinski definition) is 1. The van der Waals surface area contributed by atoms with E-state index in [4.69, 9.17) is 4.42 Å². The zero-order chi connectivity index (χ0) is 13.9. The van der Waals surface area contributed by atoms with E-state index in [1.54, 1.807) is 0 Å². The van der Waals surface area contributed by atoms with Gasteiger partial charge >= 0.3 is 0 Å². The first-order chi connectivity index (χ1) is 9.79. The molecule has 1 aliphatic rings. The molecule has 20 heavy (non-hydrogen) atoms. The molecule has 0 bridgehead atoms. The van der Waals surface area contributed by atoms with Gasteiger partial charge in [0.15, 0.2) is 0 Å². The summed E-state index contributed by atoms with van der Waals surface area (Å²) in [6, 6.07) is 9.00. The molecule has 1 aliphatic carbocycles. The van der Waals surface area contributed by atoms with Gasteiger partial charge in [-0.25, -0.2) is 0 Å². The third kappa shape index (κ3) is 2.75. The monoisotopic (exact) mass is 289 g/mol. The van der Waals surface area contributed by atoms with Crippen LogP contribution in [0.4, 0.5) is 0 Å². The molecule has 0 saturated heterocycles. The van der Waals surface area contributed by atoms with Gasteiger partial charge in [0.25, 0.3) is 0 Å². The predicted molar refractivity (Wildman–Crippen MR) is 87.3 cm³/mol. The molecule has 3 rings (SSSR count). The maximum Gasteiger partial charge on any atom is 0.134 e. The van der Waals surface area contributed by atoms with Crippen molar-refractivity contribution >= 4 is 22.7 Å². The third-order valence-electron chi connectivity index (χ3n) is 4.27. The lowest BCUT2D eigenvalue weighted by molar-refractivity contribution is 0.519. The number of hydrogen-bond acceptors (Lipinski definition) is 3. The maximum absolute atomic E-state index is 5.84. The summed E-state index contributed by atoms with van der Waals surface area (Å²) in [5.41, 5.74) is 2.33. The summed E-state index contributed by atoms with van der Waals surface area (Å²) in [6.07, 6.45) is 4.04. The predicted octanol–water partition coefficient (Wildman–Crippen LogP) is 4.51. The Hall–Kier alpha value is -0.930. The summed E-state index contributed by atoms with van der Waals surface area (Å²) in [4.78, 5) is 0. The van der Waals surface area contributed by atoms with E-state index in [2.05, 4.69) is 49.1 Å². The van der Waals surface area contributed by atoms with Crippen molar-refractivity contribution in [2.24, 2.45) is 0 Å². The van der Waals surface area contributed by atoms with Crippen molar-refractivity contribution in [3.63, 3.8) is 0 Å². The zero-order valence-electron chi connectivity index (χ0n) is 12.3. The Morgan fingerprint density at radius 3 is 3.00 bits per heavy atom. The second-order valence-corrected chi connectivity index (χ2v) is 7.06. The SMILES string of the molecule is CCSC1CCCC1NCc1c(C)oc2ccccc12. The normalized spacial score (nSPS) is 22.7. The number of thioether (sulfide) groups is 1. The molecular formula is C17H23NOS. The van der Waals surface area contributed by atoms with Crippen molar-refractivity contribution in [3.05, 3.63) is 35.6 Å². The van der Waals surface area contributed by atoms with Crippen molar-refractivity contribution in [2.45, 2.75) is 50.9 Å². The summed E-state index contributed by atoms with van der Waals surface area (Å²) in [5.74, 6) is 2.27. The highest BCUT2D eigenvalue weighted by Crippen LogP contribution is 2.31. The van der Waals surface area contributed by atoms with E-state index < -0.39 is 0 Å². The van der Waals surface area contributed by atoms with Crippen LogP contribution in [0.3, 0.4) is 0 Å². The average molecular weight is 289 g/mol. The fourth-order valence-electron chi connectivity index (χ4n) is 3.25. The summed E-state index contributed by atoms with van der Waals surface area (Å²) in [7, 11) is 0. The molecule has 0 spiro atoms. The van der Waals surface area contributed by atoms with Crippen LogP contribution >= 0.6 is 11.8 Å². The number of para-hydroxylation sites is 1. The topological polar surface area (TPSA) is 25.2 Å². The molecule has 3 heteroatoms. The molecule has 2 atom stereocenters. The quantitative estimate of drug-likeness (QED) is 0.877. The standard InChI is InChI=1S/C17H23NOS/c1-3-20-17-10-6-8-15(17)18-11-14-12(2)19-16-9-5-4-7-13(14)16/h4-5,7,9,15,17-18H,3,6,8,10-11H2,1-2H3. The van der Waals surface area contributed by atoms with Crippen LogP contribution in [-0.2, 0) is 6.54 Å². The highest BCUT2D eigenvalue weighted by atomic mass is 32.2. The molecule has 0 aliphatic heterocycles. The molecule has 108 valence electrons. The lowest BCUT2D eigenvalue weighted by Gasteiger charge is -2.20. The first-order valence-corrected chi connectivity index (χ1v) is 8.66. The van der Waals surface area contributed by atoms with Crippen molar-refractivity contribution < 1.29 is 4.42 Å². The lowest BCUT2D eigenvalue weighted by Crippen LogP contribution is -2.33. The number of nitrogens with one attached hydrogen (secondary N) is 1. The summed E-state index contributed by atoms with van der Waals surface area (Å²) in [6.45, 7) is 5.26. The zero-order valence-corrected chi connectivity index (χ0v) is 13.1. The van der Waals surface area contributed by atoms with Gasteiger partial charge in [0, 0.05) is 28.8 Å². The first kappa shape index (κ1) is 14.0. The molecule has 1 aromatic heterocycles. The molecule has 1 saturated carbocycles. The number of furan rings is 1. The smallest absolute Gasteiger partial charge is 0.134 e. The number of aryl methyl sites for hydroxylation is 1. The van der Waals surface area contributed by atoms with Crippen LogP contribution in [0.25, 0.3) is 11.0 Å². The number of benzene rings is 1. The molecule has 1 heterocycles. The lowest BCUT2D eigenvalue weighted by atomic mass is 10.1. The van der Waals surface area contributed by atoms with Crippen molar-refractivity contribution in [2.75, 3.05) is 5.75 Å². The van der Waals surface area contributed by atoms with Crippen LogP contribution in [0.15, 0.2) is 28.7 Å². The van der Waals surface area contributed by atoms with Crippen LogP contribution < -0.4 is 5.32 Å². The largest absolute Gasteiger partial charge is 0.461 e. The second kappa shape index (κ2) is 6.23. The molecule has 1 aromatic carbocycles. The summed E-state index contributed by atoms with van der Waals surface area (Å²) >= 11 is 2.11. The van der Waals surface area contributed by atoms with E-state index in [0.29, 0.717) is 6.04 Å². The molecule has 0 radical (unpaired) electrons. The van der Waals surface area contributed by atoms with Crippen LogP contribution in [0.2, 0.25) is 0 Å². The second-order valence-electron chi connectivity index (χ2n) is 5.55. The first-order valence-electron chi connectivity index (χ1n) is 7.61. The maximum atomic E-state index is 5.84. The highest BCUT2D eigenvalue weighted by molar-refractivity contribution is 7.99. The van der Waals surface area contributed by atoms with Crippen molar-refractivity contribution in [1.82, 2.24) is 5.32 Å². The van der Waals surface area contributed by atoms with Gasteiger partial charge in [-0.3, -0.25) is 0 Å². The van der Waals surface area contributed by atoms with Gasteiger partial charge < -0.3 is 9.73 Å².